The Hall–Kier alpha value is -2.66. The van der Waals surface area contributed by atoms with Gasteiger partial charge >= 0.3 is 5.97 Å². The number of aromatic nitrogens is 1. The van der Waals surface area contributed by atoms with E-state index in [1.807, 2.05) is 55.6 Å². The first kappa shape index (κ1) is 17.2. The third-order valence-electron chi connectivity index (χ3n) is 3.85. The fourth-order valence-electron chi connectivity index (χ4n) is 2.47. The summed E-state index contributed by atoms with van der Waals surface area (Å²) >= 11 is 3.45. The van der Waals surface area contributed by atoms with Crippen molar-refractivity contribution in [3.8, 4) is 5.69 Å². The van der Waals surface area contributed by atoms with Gasteiger partial charge < -0.3 is 9.30 Å². The van der Waals surface area contributed by atoms with Gasteiger partial charge in [-0.2, -0.15) is 0 Å². The maximum atomic E-state index is 11.7. The van der Waals surface area contributed by atoms with Crippen molar-refractivity contribution >= 4 is 33.8 Å². The average Bonchev–Trinajstić information content (AvgIpc) is 3.09. The molecule has 0 unspecified atom stereocenters. The zero-order chi connectivity index (χ0) is 17.8. The van der Waals surface area contributed by atoms with Crippen LogP contribution in [0.5, 0.6) is 0 Å². The number of aryl methyl sites for hydroxylation is 1. The van der Waals surface area contributed by atoms with Gasteiger partial charge in [0, 0.05) is 16.4 Å². The van der Waals surface area contributed by atoms with Crippen molar-refractivity contribution in [1.82, 2.24) is 4.57 Å². The summed E-state index contributed by atoms with van der Waals surface area (Å²) in [6, 6.07) is 17.4. The minimum atomic E-state index is -0.366. The van der Waals surface area contributed by atoms with Gasteiger partial charge in [-0.1, -0.05) is 22.0 Å². The SMILES string of the molecule is COC(=O)c1ccc(C)c(N=Cc2cccn2-c2ccc(Br)cc2)c1. The predicted molar refractivity (Wildman–Crippen MR) is 103 cm³/mol. The quantitative estimate of drug-likeness (QED) is 0.455. The Kier molecular flexibility index (Phi) is 5.14. The number of carbonyl (C=O) groups is 1. The van der Waals surface area contributed by atoms with Crippen LogP contribution in [0.2, 0.25) is 0 Å². The van der Waals surface area contributed by atoms with E-state index in [9.17, 15) is 4.79 Å². The molecule has 4 nitrogen and oxygen atoms in total. The van der Waals surface area contributed by atoms with Gasteiger partial charge in [0.1, 0.15) is 0 Å². The smallest absolute Gasteiger partial charge is 0.337 e. The van der Waals surface area contributed by atoms with Gasteiger partial charge in [0.2, 0.25) is 0 Å². The normalized spacial score (nSPS) is 11.0. The van der Waals surface area contributed by atoms with Crippen molar-refractivity contribution in [1.29, 1.82) is 0 Å². The lowest BCUT2D eigenvalue weighted by Gasteiger charge is -2.07. The molecule has 0 aliphatic carbocycles. The number of halogens is 1. The molecule has 0 bridgehead atoms. The van der Waals surface area contributed by atoms with E-state index in [-0.39, 0.29) is 5.97 Å². The van der Waals surface area contributed by atoms with Crippen molar-refractivity contribution in [3.63, 3.8) is 0 Å². The van der Waals surface area contributed by atoms with E-state index in [2.05, 4.69) is 25.5 Å². The number of ether oxygens (including phenoxy) is 1. The van der Waals surface area contributed by atoms with Crippen molar-refractivity contribution in [2.75, 3.05) is 7.11 Å². The van der Waals surface area contributed by atoms with Crippen LogP contribution in [-0.2, 0) is 4.74 Å². The van der Waals surface area contributed by atoms with Gasteiger partial charge in [-0.25, -0.2) is 4.79 Å². The standard InChI is InChI=1S/C20H17BrN2O2/c1-14-5-6-15(20(24)25-2)12-19(14)22-13-18-4-3-11-23(18)17-9-7-16(21)8-10-17/h3-13H,1-2H3. The molecule has 0 saturated carbocycles. The summed E-state index contributed by atoms with van der Waals surface area (Å²) in [5, 5.41) is 0. The van der Waals surface area contributed by atoms with E-state index in [0.29, 0.717) is 5.56 Å². The van der Waals surface area contributed by atoms with Crippen LogP contribution in [0, 0.1) is 6.92 Å². The molecule has 0 N–H and O–H groups in total. The van der Waals surface area contributed by atoms with Crippen LogP contribution < -0.4 is 0 Å². The fourth-order valence-corrected chi connectivity index (χ4v) is 2.73. The summed E-state index contributed by atoms with van der Waals surface area (Å²) in [6.45, 7) is 1.96. The van der Waals surface area contributed by atoms with Crippen molar-refractivity contribution in [2.24, 2.45) is 4.99 Å². The molecular weight excluding hydrogens is 380 g/mol. The number of rotatable bonds is 4. The third-order valence-corrected chi connectivity index (χ3v) is 4.38. The Morgan fingerprint density at radius 2 is 1.92 bits per heavy atom. The molecule has 5 heteroatoms. The molecule has 1 aromatic heterocycles. The number of esters is 1. The van der Waals surface area contributed by atoms with Crippen molar-refractivity contribution in [3.05, 3.63) is 82.1 Å². The highest BCUT2D eigenvalue weighted by Crippen LogP contribution is 2.21. The average molecular weight is 397 g/mol. The van der Waals surface area contributed by atoms with Crippen LogP contribution in [0.3, 0.4) is 0 Å². The van der Waals surface area contributed by atoms with Gasteiger partial charge in [-0.05, 0) is 61.0 Å². The third kappa shape index (κ3) is 3.88. The first-order valence-electron chi connectivity index (χ1n) is 7.75. The van der Waals surface area contributed by atoms with E-state index in [4.69, 9.17) is 4.74 Å². The Morgan fingerprint density at radius 3 is 2.64 bits per heavy atom. The monoisotopic (exact) mass is 396 g/mol. The summed E-state index contributed by atoms with van der Waals surface area (Å²) in [4.78, 5) is 16.3. The molecule has 0 saturated heterocycles. The topological polar surface area (TPSA) is 43.6 Å². The second-order valence-corrected chi connectivity index (χ2v) is 6.45. The first-order valence-corrected chi connectivity index (χ1v) is 8.54. The van der Waals surface area contributed by atoms with Crippen LogP contribution in [0.15, 0.2) is 70.3 Å². The molecule has 1 heterocycles. The van der Waals surface area contributed by atoms with E-state index in [0.717, 1.165) is 27.1 Å². The Balaban J connectivity index is 1.92. The zero-order valence-electron chi connectivity index (χ0n) is 13.9. The minimum absolute atomic E-state index is 0.366. The second kappa shape index (κ2) is 7.49. The van der Waals surface area contributed by atoms with Crippen LogP contribution >= 0.6 is 15.9 Å². The summed E-state index contributed by atoms with van der Waals surface area (Å²) in [5.41, 5.74) is 4.22. The van der Waals surface area contributed by atoms with Gasteiger partial charge in [0.15, 0.2) is 0 Å². The lowest BCUT2D eigenvalue weighted by Crippen LogP contribution is -2.01. The molecule has 0 amide bonds. The fraction of sp³-hybridized carbons (Fsp3) is 0.100. The number of benzene rings is 2. The predicted octanol–water partition coefficient (Wildman–Crippen LogP) is 5.09. The van der Waals surface area contributed by atoms with E-state index < -0.39 is 0 Å². The number of hydrogen-bond acceptors (Lipinski definition) is 3. The number of aliphatic imine (C=N–C) groups is 1. The maximum Gasteiger partial charge on any atom is 0.337 e. The Labute approximate surface area is 154 Å². The molecule has 0 aliphatic rings. The van der Waals surface area contributed by atoms with Crippen LogP contribution in [0.25, 0.3) is 5.69 Å². The van der Waals surface area contributed by atoms with Crippen LogP contribution in [0.1, 0.15) is 21.6 Å². The number of nitrogens with zero attached hydrogens (tertiary/aromatic N) is 2. The molecule has 126 valence electrons. The maximum absolute atomic E-state index is 11.7. The van der Waals surface area contributed by atoms with Gasteiger partial charge in [-0.15, -0.1) is 0 Å². The molecule has 3 rings (SSSR count). The number of carbonyl (C=O) groups excluding carboxylic acids is 1. The molecule has 3 aromatic rings. The highest BCUT2D eigenvalue weighted by Gasteiger charge is 2.07. The van der Waals surface area contributed by atoms with Crippen LogP contribution in [-0.4, -0.2) is 23.9 Å². The van der Waals surface area contributed by atoms with E-state index in [1.165, 1.54) is 7.11 Å². The van der Waals surface area contributed by atoms with Gasteiger partial charge in [0.05, 0.1) is 30.3 Å². The highest BCUT2D eigenvalue weighted by molar-refractivity contribution is 9.10. The lowest BCUT2D eigenvalue weighted by atomic mass is 10.1. The number of hydrogen-bond donors (Lipinski definition) is 0. The number of methoxy groups -OCH3 is 1. The van der Waals surface area contributed by atoms with Gasteiger partial charge in [-0.3, -0.25) is 4.99 Å². The Bertz CT molecular complexity index is 927. The summed E-state index contributed by atoms with van der Waals surface area (Å²) in [7, 11) is 1.37. The Morgan fingerprint density at radius 1 is 1.16 bits per heavy atom. The molecule has 0 radical (unpaired) electrons. The summed E-state index contributed by atoms with van der Waals surface area (Å²) in [6.07, 6.45) is 3.79. The minimum Gasteiger partial charge on any atom is -0.465 e. The molecule has 0 aliphatic heterocycles. The first-order chi connectivity index (χ1) is 12.1. The van der Waals surface area contributed by atoms with Gasteiger partial charge in [0.25, 0.3) is 0 Å². The zero-order valence-corrected chi connectivity index (χ0v) is 15.5. The van der Waals surface area contributed by atoms with E-state index in [1.54, 1.807) is 18.3 Å². The van der Waals surface area contributed by atoms with Crippen molar-refractivity contribution in [2.45, 2.75) is 6.92 Å². The molecule has 25 heavy (non-hydrogen) atoms. The second-order valence-electron chi connectivity index (χ2n) is 5.53. The highest BCUT2D eigenvalue weighted by atomic mass is 79.9. The van der Waals surface area contributed by atoms with Crippen molar-refractivity contribution < 1.29 is 9.53 Å². The largest absolute Gasteiger partial charge is 0.465 e. The van der Waals surface area contributed by atoms with E-state index >= 15 is 0 Å². The summed E-state index contributed by atoms with van der Waals surface area (Å²) < 4.78 is 7.86. The lowest BCUT2D eigenvalue weighted by molar-refractivity contribution is 0.0601. The summed E-state index contributed by atoms with van der Waals surface area (Å²) in [5.74, 6) is -0.366. The molecule has 0 fully saturated rings. The molecule has 0 atom stereocenters. The molecule has 2 aromatic carbocycles. The molecular formula is C20H17BrN2O2. The molecule has 0 spiro atoms. The van der Waals surface area contributed by atoms with Crippen LogP contribution in [0.4, 0.5) is 5.69 Å².